The molecule has 2 aromatic rings. The first-order chi connectivity index (χ1) is 15.8. The molecule has 1 fully saturated rings. The molecule has 0 aliphatic carbocycles. The number of anilines is 1. The number of carbonyl (C=O) groups excluding carboxylic acids is 3. The number of nitrogens with zero attached hydrogens (tertiary/aromatic N) is 2. The monoisotopic (exact) mass is 469 g/mol. The maximum Gasteiger partial charge on any atom is 0.325 e. The van der Waals surface area contributed by atoms with Gasteiger partial charge in [-0.15, -0.1) is 0 Å². The Balaban J connectivity index is 1.39. The Morgan fingerprint density at radius 2 is 1.97 bits per heavy atom. The van der Waals surface area contributed by atoms with Crippen LogP contribution in [0.1, 0.15) is 34.8 Å². The highest BCUT2D eigenvalue weighted by Crippen LogP contribution is 2.41. The van der Waals surface area contributed by atoms with Gasteiger partial charge in [0, 0.05) is 24.1 Å². The van der Waals surface area contributed by atoms with E-state index < -0.39 is 39.8 Å². The van der Waals surface area contributed by atoms with E-state index in [-0.39, 0.29) is 18.8 Å². The molecule has 0 bridgehead atoms. The number of nitrogens with one attached hydrogen (secondary N) is 1. The van der Waals surface area contributed by atoms with Crippen molar-refractivity contribution in [1.82, 2.24) is 10.2 Å². The fourth-order valence-electron chi connectivity index (χ4n) is 4.74. The van der Waals surface area contributed by atoms with E-state index in [2.05, 4.69) is 5.32 Å². The predicted molar refractivity (Wildman–Crippen MR) is 120 cm³/mol. The third-order valence-corrected chi connectivity index (χ3v) is 8.29. The zero-order valence-corrected chi connectivity index (χ0v) is 18.9. The van der Waals surface area contributed by atoms with E-state index in [9.17, 15) is 22.8 Å². The van der Waals surface area contributed by atoms with E-state index in [4.69, 9.17) is 4.74 Å². The van der Waals surface area contributed by atoms with Gasteiger partial charge in [0.25, 0.3) is 5.91 Å². The highest BCUT2D eigenvalue weighted by Gasteiger charge is 2.55. The number of hydrogen-bond acceptors (Lipinski definition) is 6. The number of benzene rings is 2. The summed E-state index contributed by atoms with van der Waals surface area (Å²) < 4.78 is 31.6. The van der Waals surface area contributed by atoms with Crippen LogP contribution in [0.4, 0.5) is 10.5 Å². The van der Waals surface area contributed by atoms with E-state index in [0.717, 1.165) is 10.5 Å². The number of rotatable bonds is 5. The van der Waals surface area contributed by atoms with E-state index in [0.29, 0.717) is 35.5 Å². The Hall–Kier alpha value is -3.40. The van der Waals surface area contributed by atoms with Crippen LogP contribution < -0.4 is 14.4 Å². The first kappa shape index (κ1) is 21.4. The van der Waals surface area contributed by atoms with Crippen molar-refractivity contribution in [2.75, 3.05) is 29.8 Å². The first-order valence-corrected chi connectivity index (χ1v) is 12.4. The number of sulfonamides is 1. The van der Waals surface area contributed by atoms with Crippen molar-refractivity contribution >= 4 is 33.4 Å². The lowest BCUT2D eigenvalue weighted by Gasteiger charge is -2.33. The minimum Gasteiger partial charge on any atom is -0.493 e. The van der Waals surface area contributed by atoms with Crippen LogP contribution in [0, 0.1) is 0 Å². The summed E-state index contributed by atoms with van der Waals surface area (Å²) in [5.74, 6) is -0.334. The van der Waals surface area contributed by atoms with Crippen molar-refractivity contribution in [1.29, 1.82) is 0 Å². The molecule has 1 spiro atoms. The van der Waals surface area contributed by atoms with Crippen LogP contribution in [0.25, 0.3) is 0 Å². The molecule has 9 nitrogen and oxygen atoms in total. The van der Waals surface area contributed by atoms with Gasteiger partial charge in [0.05, 0.1) is 24.6 Å². The lowest BCUT2D eigenvalue weighted by Crippen LogP contribution is -2.47. The Morgan fingerprint density at radius 3 is 2.76 bits per heavy atom. The maximum absolute atomic E-state index is 13.4. The zero-order valence-electron chi connectivity index (χ0n) is 18.0. The van der Waals surface area contributed by atoms with Gasteiger partial charge in [-0.05, 0) is 43.2 Å². The number of amides is 3. The molecule has 1 saturated heterocycles. The molecule has 10 heteroatoms. The number of ether oxygens (including phenoxy) is 1. The van der Waals surface area contributed by atoms with Crippen molar-refractivity contribution < 1.29 is 27.5 Å². The molecule has 1 atom stereocenters. The summed E-state index contributed by atoms with van der Waals surface area (Å²) in [4.78, 5) is 40.1. The number of fused-ring (bicyclic) bond motifs is 3. The molecule has 0 unspecified atom stereocenters. The van der Waals surface area contributed by atoms with Crippen molar-refractivity contribution in [2.24, 2.45) is 0 Å². The van der Waals surface area contributed by atoms with Gasteiger partial charge in [-0.2, -0.15) is 0 Å². The average Bonchev–Trinajstić information content (AvgIpc) is 3.35. The highest BCUT2D eigenvalue weighted by atomic mass is 32.2. The van der Waals surface area contributed by atoms with Crippen molar-refractivity contribution in [3.05, 3.63) is 59.2 Å². The Labute approximate surface area is 191 Å². The quantitative estimate of drug-likeness (QED) is 0.528. The van der Waals surface area contributed by atoms with Crippen molar-refractivity contribution in [2.45, 2.75) is 25.3 Å². The topological polar surface area (TPSA) is 113 Å². The smallest absolute Gasteiger partial charge is 0.325 e. The molecule has 3 aliphatic heterocycles. The fraction of sp³-hybridized carbons (Fsp3) is 0.348. The van der Waals surface area contributed by atoms with Crippen LogP contribution >= 0.6 is 0 Å². The lowest BCUT2D eigenvalue weighted by molar-refractivity contribution is -0.132. The first-order valence-electron chi connectivity index (χ1n) is 10.8. The second-order valence-electron chi connectivity index (χ2n) is 8.31. The third-order valence-electron chi connectivity index (χ3n) is 6.51. The van der Waals surface area contributed by atoms with Crippen molar-refractivity contribution in [3.63, 3.8) is 0 Å². The molecular formula is C23H23N3O6S. The van der Waals surface area contributed by atoms with E-state index in [1.807, 2.05) is 0 Å². The number of ketones is 1. The van der Waals surface area contributed by atoms with Crippen LogP contribution in [-0.4, -0.2) is 56.5 Å². The summed E-state index contributed by atoms with van der Waals surface area (Å²) in [6.45, 7) is 1.80. The van der Waals surface area contributed by atoms with Gasteiger partial charge in [0.15, 0.2) is 11.3 Å². The van der Waals surface area contributed by atoms with Crippen molar-refractivity contribution in [3.8, 4) is 5.75 Å². The minimum absolute atomic E-state index is 0.00474. The van der Waals surface area contributed by atoms with Gasteiger partial charge >= 0.3 is 6.03 Å². The van der Waals surface area contributed by atoms with Crippen LogP contribution in [0.3, 0.4) is 0 Å². The Bertz CT molecular complexity index is 1290. The van der Waals surface area contributed by atoms with Crippen LogP contribution in [-0.2, 0) is 26.8 Å². The summed E-state index contributed by atoms with van der Waals surface area (Å²) in [7, 11) is -3.39. The average molecular weight is 470 g/mol. The second kappa shape index (κ2) is 7.58. The molecular weight excluding hydrogens is 446 g/mol. The van der Waals surface area contributed by atoms with Gasteiger partial charge in [-0.1, -0.05) is 18.2 Å². The number of Topliss-reactive ketones (excluding diaryl/α,β-unsaturated/α-hetero) is 1. The second-order valence-corrected chi connectivity index (χ2v) is 10.5. The molecule has 2 aromatic carbocycles. The number of imide groups is 1. The molecule has 1 N–H and O–H groups in total. The van der Waals surface area contributed by atoms with Gasteiger partial charge in [-0.3, -0.25) is 18.8 Å². The van der Waals surface area contributed by atoms with Gasteiger partial charge in [0.1, 0.15) is 5.75 Å². The van der Waals surface area contributed by atoms with Crippen LogP contribution in [0.5, 0.6) is 5.75 Å². The number of para-hydroxylation sites is 1. The minimum atomic E-state index is -3.39. The Kier molecular flexibility index (Phi) is 4.93. The fourth-order valence-corrected chi connectivity index (χ4v) is 5.90. The molecule has 3 heterocycles. The zero-order chi connectivity index (χ0) is 23.4. The standard InChI is InChI=1S/C23H23N3O6S/c1-2-33(30,31)26-11-9-15-13-16(7-8-18(15)26)19(27)14-25-21(28)23(24-22(25)29)10-12-32-20-6-4-3-5-17(20)23/h3-8,13H,2,9-12,14H2,1H3,(H,24,29)/t23-/m0/s1. The third kappa shape index (κ3) is 3.28. The van der Waals surface area contributed by atoms with Gasteiger partial charge < -0.3 is 10.1 Å². The summed E-state index contributed by atoms with van der Waals surface area (Å²) in [5.41, 5.74) is 1.00. The molecule has 0 saturated carbocycles. The number of hydrogen-bond donors (Lipinski definition) is 1. The van der Waals surface area contributed by atoms with Gasteiger partial charge in [0.2, 0.25) is 10.0 Å². The molecule has 33 heavy (non-hydrogen) atoms. The molecule has 172 valence electrons. The lowest BCUT2D eigenvalue weighted by atomic mass is 9.84. The molecule has 3 aliphatic rings. The van der Waals surface area contributed by atoms with E-state index >= 15 is 0 Å². The van der Waals surface area contributed by atoms with Crippen LogP contribution in [0.2, 0.25) is 0 Å². The largest absolute Gasteiger partial charge is 0.493 e. The summed E-state index contributed by atoms with van der Waals surface area (Å²) in [6.07, 6.45) is 0.776. The number of urea groups is 1. The van der Waals surface area contributed by atoms with Crippen LogP contribution in [0.15, 0.2) is 42.5 Å². The SMILES string of the molecule is CCS(=O)(=O)N1CCc2cc(C(=O)CN3C(=O)N[C@]4(CCOc5ccccc54)C3=O)ccc21. The van der Waals surface area contributed by atoms with Gasteiger partial charge in [-0.25, -0.2) is 13.2 Å². The molecule has 0 aromatic heterocycles. The molecule has 5 rings (SSSR count). The highest BCUT2D eigenvalue weighted by molar-refractivity contribution is 7.92. The predicted octanol–water partition coefficient (Wildman–Crippen LogP) is 1.81. The molecule has 3 amide bonds. The summed E-state index contributed by atoms with van der Waals surface area (Å²) in [6, 6.07) is 11.3. The summed E-state index contributed by atoms with van der Waals surface area (Å²) >= 11 is 0. The normalized spacial score (nSPS) is 21.6. The Morgan fingerprint density at radius 1 is 1.18 bits per heavy atom. The maximum atomic E-state index is 13.4. The van der Waals surface area contributed by atoms with E-state index in [1.54, 1.807) is 49.4 Å². The van der Waals surface area contributed by atoms with E-state index in [1.165, 1.54) is 4.31 Å². The summed E-state index contributed by atoms with van der Waals surface area (Å²) in [5, 5.41) is 2.78. The molecule has 0 radical (unpaired) electrons. The number of carbonyl (C=O) groups is 3.